The first-order valence-electron chi connectivity index (χ1n) is 6.79. The van der Waals surface area contributed by atoms with Crippen LogP contribution in [0.1, 0.15) is 5.56 Å². The molecular weight excluding hydrogens is 268 g/mol. The number of benzene rings is 1. The van der Waals surface area contributed by atoms with Crippen LogP contribution >= 0.6 is 0 Å². The van der Waals surface area contributed by atoms with Crippen molar-refractivity contribution in [2.45, 2.75) is 6.54 Å². The van der Waals surface area contributed by atoms with Gasteiger partial charge in [0.1, 0.15) is 18.1 Å². The second kappa shape index (κ2) is 8.11. The van der Waals surface area contributed by atoms with Crippen LogP contribution in [0.3, 0.4) is 0 Å². The molecule has 1 N–H and O–H groups in total. The fourth-order valence-electron chi connectivity index (χ4n) is 1.88. The third-order valence-electron chi connectivity index (χ3n) is 2.97. The van der Waals surface area contributed by atoms with Gasteiger partial charge in [-0.3, -0.25) is 0 Å². The fraction of sp³-hybridized carbons (Fsp3) is 0.312. The number of aromatic nitrogens is 1. The van der Waals surface area contributed by atoms with Crippen LogP contribution in [0.25, 0.3) is 0 Å². The highest BCUT2D eigenvalue weighted by Crippen LogP contribution is 2.16. The van der Waals surface area contributed by atoms with Crippen LogP contribution in [0, 0.1) is 0 Å². The Hall–Kier alpha value is -2.27. The van der Waals surface area contributed by atoms with E-state index in [4.69, 9.17) is 14.2 Å². The van der Waals surface area contributed by atoms with E-state index >= 15 is 0 Å². The largest absolute Gasteiger partial charge is 0.497 e. The third kappa shape index (κ3) is 4.65. The van der Waals surface area contributed by atoms with Crippen molar-refractivity contribution in [1.82, 2.24) is 10.3 Å². The molecule has 0 aliphatic carbocycles. The Morgan fingerprint density at radius 3 is 2.48 bits per heavy atom. The van der Waals surface area contributed by atoms with Crippen molar-refractivity contribution < 1.29 is 14.2 Å². The standard InChI is InChI=1S/C16H20N2O3/c1-19-14-5-7-15(8-6-14)21-11-10-17-12-13-4-3-9-18-16(13)20-2/h3-9,17H,10-12H2,1-2H3. The number of rotatable bonds is 8. The first-order chi connectivity index (χ1) is 10.3. The van der Waals surface area contributed by atoms with Gasteiger partial charge in [0, 0.05) is 24.8 Å². The number of ether oxygens (including phenoxy) is 3. The molecule has 2 rings (SSSR count). The van der Waals surface area contributed by atoms with Crippen molar-refractivity contribution in [3.63, 3.8) is 0 Å². The minimum absolute atomic E-state index is 0.592. The smallest absolute Gasteiger partial charge is 0.217 e. The Balaban J connectivity index is 1.70. The van der Waals surface area contributed by atoms with E-state index in [2.05, 4.69) is 10.3 Å². The Bertz CT molecular complexity index is 543. The Kier molecular flexibility index (Phi) is 5.84. The zero-order chi connectivity index (χ0) is 14.9. The first-order valence-corrected chi connectivity index (χ1v) is 6.79. The molecule has 5 heteroatoms. The highest BCUT2D eigenvalue weighted by atomic mass is 16.5. The van der Waals surface area contributed by atoms with Crippen molar-refractivity contribution >= 4 is 0 Å². The normalized spacial score (nSPS) is 10.2. The average Bonchev–Trinajstić information content (AvgIpc) is 2.55. The molecule has 1 heterocycles. The van der Waals surface area contributed by atoms with Crippen LogP contribution in [0.4, 0.5) is 0 Å². The summed E-state index contributed by atoms with van der Waals surface area (Å²) in [5.74, 6) is 2.31. The topological polar surface area (TPSA) is 52.6 Å². The third-order valence-corrected chi connectivity index (χ3v) is 2.97. The maximum atomic E-state index is 5.64. The van der Waals surface area contributed by atoms with E-state index in [0.717, 1.165) is 23.6 Å². The highest BCUT2D eigenvalue weighted by molar-refractivity contribution is 5.31. The summed E-state index contributed by atoms with van der Waals surface area (Å²) in [4.78, 5) is 4.15. The van der Waals surface area contributed by atoms with Gasteiger partial charge in [0.15, 0.2) is 0 Å². The summed E-state index contributed by atoms with van der Waals surface area (Å²) in [5, 5.41) is 3.30. The van der Waals surface area contributed by atoms with E-state index < -0.39 is 0 Å². The maximum Gasteiger partial charge on any atom is 0.217 e. The molecule has 1 aromatic heterocycles. The molecule has 0 bridgehead atoms. The number of nitrogens with one attached hydrogen (secondary N) is 1. The SMILES string of the molecule is COc1ccc(OCCNCc2cccnc2OC)cc1. The van der Waals surface area contributed by atoms with Gasteiger partial charge in [-0.2, -0.15) is 0 Å². The van der Waals surface area contributed by atoms with Gasteiger partial charge in [-0.25, -0.2) is 4.98 Å². The molecule has 0 atom stereocenters. The number of nitrogens with zero attached hydrogens (tertiary/aromatic N) is 1. The van der Waals surface area contributed by atoms with E-state index in [-0.39, 0.29) is 0 Å². The molecule has 0 amide bonds. The van der Waals surface area contributed by atoms with Crippen molar-refractivity contribution in [1.29, 1.82) is 0 Å². The second-order valence-corrected chi connectivity index (χ2v) is 4.37. The predicted octanol–water partition coefficient (Wildman–Crippen LogP) is 2.27. The molecule has 1 aromatic carbocycles. The number of hydrogen-bond acceptors (Lipinski definition) is 5. The minimum Gasteiger partial charge on any atom is -0.497 e. The lowest BCUT2D eigenvalue weighted by atomic mass is 10.2. The fourth-order valence-corrected chi connectivity index (χ4v) is 1.88. The van der Waals surface area contributed by atoms with Gasteiger partial charge in [-0.15, -0.1) is 0 Å². The van der Waals surface area contributed by atoms with Crippen LogP contribution in [0.5, 0.6) is 17.4 Å². The van der Waals surface area contributed by atoms with Crippen molar-refractivity contribution in [3.05, 3.63) is 48.2 Å². The molecule has 21 heavy (non-hydrogen) atoms. The minimum atomic E-state index is 0.592. The molecule has 0 saturated heterocycles. The lowest BCUT2D eigenvalue weighted by Gasteiger charge is -2.10. The molecule has 0 unspecified atom stereocenters. The molecule has 0 aliphatic heterocycles. The van der Waals surface area contributed by atoms with Crippen molar-refractivity contribution in [3.8, 4) is 17.4 Å². The van der Waals surface area contributed by atoms with E-state index in [1.807, 2.05) is 36.4 Å². The monoisotopic (exact) mass is 288 g/mol. The molecule has 0 radical (unpaired) electrons. The summed E-state index contributed by atoms with van der Waals surface area (Å²) in [6.45, 7) is 2.03. The van der Waals surface area contributed by atoms with Crippen LogP contribution < -0.4 is 19.5 Å². The Labute approximate surface area is 124 Å². The van der Waals surface area contributed by atoms with Crippen LogP contribution in [0.2, 0.25) is 0 Å². The van der Waals surface area contributed by atoms with Gasteiger partial charge >= 0.3 is 0 Å². The summed E-state index contributed by atoms with van der Waals surface area (Å²) < 4.78 is 15.9. The van der Waals surface area contributed by atoms with Crippen LogP contribution in [-0.2, 0) is 6.54 Å². The van der Waals surface area contributed by atoms with E-state index in [9.17, 15) is 0 Å². The summed E-state index contributed by atoms with van der Waals surface area (Å²) >= 11 is 0. The van der Waals surface area contributed by atoms with Gasteiger partial charge in [0.25, 0.3) is 0 Å². The van der Waals surface area contributed by atoms with Crippen LogP contribution in [0.15, 0.2) is 42.6 Å². The second-order valence-electron chi connectivity index (χ2n) is 4.37. The lowest BCUT2D eigenvalue weighted by Crippen LogP contribution is -2.21. The number of hydrogen-bond donors (Lipinski definition) is 1. The Morgan fingerprint density at radius 1 is 1.00 bits per heavy atom. The summed E-state index contributed by atoms with van der Waals surface area (Å²) in [7, 11) is 3.27. The van der Waals surface area contributed by atoms with Crippen molar-refractivity contribution in [2.75, 3.05) is 27.4 Å². The molecule has 2 aromatic rings. The molecular formula is C16H20N2O3. The van der Waals surface area contributed by atoms with Gasteiger partial charge in [0.05, 0.1) is 14.2 Å². The summed E-state index contributed by atoms with van der Waals surface area (Å²) in [5.41, 5.74) is 1.03. The maximum absolute atomic E-state index is 5.64. The first kappa shape index (κ1) is 15.1. The quantitative estimate of drug-likeness (QED) is 0.755. The molecule has 0 saturated carbocycles. The number of pyridine rings is 1. The van der Waals surface area contributed by atoms with Gasteiger partial charge < -0.3 is 19.5 Å². The van der Waals surface area contributed by atoms with E-state index in [1.54, 1.807) is 20.4 Å². The van der Waals surface area contributed by atoms with Crippen LogP contribution in [-0.4, -0.2) is 32.4 Å². The summed E-state index contributed by atoms with van der Waals surface area (Å²) in [6, 6.07) is 11.4. The zero-order valence-corrected chi connectivity index (χ0v) is 12.3. The number of methoxy groups -OCH3 is 2. The van der Waals surface area contributed by atoms with Gasteiger partial charge in [-0.05, 0) is 30.3 Å². The molecule has 0 aliphatic rings. The van der Waals surface area contributed by atoms with E-state index in [0.29, 0.717) is 19.0 Å². The average molecular weight is 288 g/mol. The molecule has 112 valence electrons. The molecule has 0 spiro atoms. The highest BCUT2D eigenvalue weighted by Gasteiger charge is 2.02. The van der Waals surface area contributed by atoms with Crippen molar-refractivity contribution in [2.24, 2.45) is 0 Å². The Morgan fingerprint density at radius 2 is 1.76 bits per heavy atom. The molecule has 0 fully saturated rings. The van der Waals surface area contributed by atoms with Gasteiger partial charge in [-0.1, -0.05) is 6.07 Å². The molecule has 5 nitrogen and oxygen atoms in total. The van der Waals surface area contributed by atoms with E-state index in [1.165, 1.54) is 0 Å². The summed E-state index contributed by atoms with van der Waals surface area (Å²) in [6.07, 6.45) is 1.72. The van der Waals surface area contributed by atoms with Gasteiger partial charge in [0.2, 0.25) is 5.88 Å². The predicted molar refractivity (Wildman–Crippen MR) is 81.0 cm³/mol. The zero-order valence-electron chi connectivity index (χ0n) is 12.3. The lowest BCUT2D eigenvalue weighted by molar-refractivity contribution is 0.312.